The van der Waals surface area contributed by atoms with Crippen molar-refractivity contribution >= 4 is 23.8 Å². The number of aromatic nitrogens is 2. The smallest absolute Gasteiger partial charge is 0.255 e. The molecule has 2 rings (SSSR count). The summed E-state index contributed by atoms with van der Waals surface area (Å²) in [6.07, 6.45) is 1.62. The number of aromatic amines is 1. The largest absolute Gasteiger partial charge is 0.291 e. The van der Waals surface area contributed by atoms with E-state index in [-0.39, 0.29) is 5.56 Å². The van der Waals surface area contributed by atoms with Crippen molar-refractivity contribution in [1.29, 1.82) is 0 Å². The van der Waals surface area contributed by atoms with Gasteiger partial charge in [0.15, 0.2) is 0 Å². The molecule has 0 radical (unpaired) electrons. The average Bonchev–Trinajstić information content (AvgIpc) is 2.38. The fraction of sp³-hybridized carbons (Fsp3) is 0.154. The molecule has 0 spiro atoms. The summed E-state index contributed by atoms with van der Waals surface area (Å²) in [7, 11) is 0. The molecule has 1 aromatic carbocycles. The molecule has 0 saturated carbocycles. The molecule has 98 valence electrons. The van der Waals surface area contributed by atoms with E-state index >= 15 is 0 Å². The minimum atomic E-state index is -0.170. The number of hydrogen-bond acceptors (Lipinski definition) is 4. The first-order chi connectivity index (χ1) is 9.06. The van der Waals surface area contributed by atoms with Gasteiger partial charge in [-0.15, -0.1) is 0 Å². The lowest BCUT2D eigenvalue weighted by molar-refractivity contribution is 1.01. The topological polar surface area (TPSA) is 70.1 Å². The van der Waals surface area contributed by atoms with Gasteiger partial charge in [-0.05, 0) is 31.5 Å². The van der Waals surface area contributed by atoms with Crippen LogP contribution in [0.15, 0.2) is 34.2 Å². The van der Waals surface area contributed by atoms with E-state index in [1.54, 1.807) is 32.2 Å². The van der Waals surface area contributed by atoms with Crippen molar-refractivity contribution in [3.8, 4) is 0 Å². The van der Waals surface area contributed by atoms with Crippen LogP contribution >= 0.6 is 11.6 Å². The fourth-order valence-corrected chi connectivity index (χ4v) is 1.54. The van der Waals surface area contributed by atoms with Gasteiger partial charge in [-0.2, -0.15) is 5.10 Å². The molecule has 2 aromatic rings. The third kappa shape index (κ3) is 3.42. The number of halogens is 1. The number of hydrazone groups is 1. The summed E-state index contributed by atoms with van der Waals surface area (Å²) in [6, 6.07) is 7.23. The molecule has 0 aliphatic heterocycles. The molecule has 0 aliphatic carbocycles. The Balaban J connectivity index is 2.10. The van der Waals surface area contributed by atoms with E-state index in [9.17, 15) is 4.79 Å². The second-order valence-electron chi connectivity index (χ2n) is 4.05. The molecule has 0 saturated heterocycles. The third-order valence-electron chi connectivity index (χ3n) is 2.65. The van der Waals surface area contributed by atoms with Crippen molar-refractivity contribution in [1.82, 2.24) is 9.97 Å². The van der Waals surface area contributed by atoms with Gasteiger partial charge in [0, 0.05) is 16.3 Å². The highest BCUT2D eigenvalue weighted by Gasteiger charge is 2.01. The first-order valence-electron chi connectivity index (χ1n) is 5.68. The van der Waals surface area contributed by atoms with Crippen LogP contribution in [0.2, 0.25) is 5.02 Å². The van der Waals surface area contributed by atoms with Crippen LogP contribution in [-0.4, -0.2) is 16.2 Å². The molecule has 0 amide bonds. The van der Waals surface area contributed by atoms with Crippen molar-refractivity contribution in [2.45, 2.75) is 13.8 Å². The Bertz CT molecular complexity index is 661. The molecule has 6 heteroatoms. The quantitative estimate of drug-likeness (QED) is 0.668. The number of anilines is 1. The van der Waals surface area contributed by atoms with Crippen LogP contribution in [-0.2, 0) is 0 Å². The van der Waals surface area contributed by atoms with Crippen molar-refractivity contribution in [3.63, 3.8) is 0 Å². The Labute approximate surface area is 115 Å². The first kappa shape index (κ1) is 13.3. The standard InChI is InChI=1S/C13H13ClN4O/c1-8-9(2)16-13(17-12(8)19)18-15-7-10-3-5-11(14)6-4-10/h3-7H,1-2H3,(H2,16,17,18,19)/b15-7-. The third-order valence-corrected chi connectivity index (χ3v) is 2.90. The zero-order valence-corrected chi connectivity index (χ0v) is 11.3. The highest BCUT2D eigenvalue weighted by atomic mass is 35.5. The fourth-order valence-electron chi connectivity index (χ4n) is 1.41. The lowest BCUT2D eigenvalue weighted by Crippen LogP contribution is -2.15. The molecule has 0 bridgehead atoms. The predicted molar refractivity (Wildman–Crippen MR) is 77.0 cm³/mol. The second-order valence-corrected chi connectivity index (χ2v) is 4.48. The monoisotopic (exact) mass is 276 g/mol. The highest BCUT2D eigenvalue weighted by molar-refractivity contribution is 6.30. The number of hydrogen-bond donors (Lipinski definition) is 2. The molecule has 19 heavy (non-hydrogen) atoms. The molecule has 0 aliphatic rings. The normalized spacial score (nSPS) is 10.9. The molecule has 5 nitrogen and oxygen atoms in total. The minimum Gasteiger partial charge on any atom is -0.291 e. The Hall–Kier alpha value is -2.14. The van der Waals surface area contributed by atoms with E-state index in [1.165, 1.54) is 0 Å². The van der Waals surface area contributed by atoms with Crippen molar-refractivity contribution in [2.75, 3.05) is 5.43 Å². The van der Waals surface area contributed by atoms with Crippen LogP contribution in [0.4, 0.5) is 5.95 Å². The number of H-pyrrole nitrogens is 1. The number of rotatable bonds is 3. The van der Waals surface area contributed by atoms with Crippen LogP contribution < -0.4 is 11.0 Å². The van der Waals surface area contributed by atoms with Crippen LogP contribution in [0.25, 0.3) is 0 Å². The summed E-state index contributed by atoms with van der Waals surface area (Å²) < 4.78 is 0. The van der Waals surface area contributed by atoms with Crippen molar-refractivity contribution in [3.05, 3.63) is 56.5 Å². The summed E-state index contributed by atoms with van der Waals surface area (Å²) in [5.41, 5.74) is 4.69. The van der Waals surface area contributed by atoms with Crippen molar-refractivity contribution < 1.29 is 0 Å². The molecule has 0 unspecified atom stereocenters. The summed E-state index contributed by atoms with van der Waals surface area (Å²) in [5.74, 6) is 0.318. The zero-order chi connectivity index (χ0) is 13.8. The zero-order valence-electron chi connectivity index (χ0n) is 10.6. The van der Waals surface area contributed by atoms with Crippen LogP contribution in [0, 0.1) is 13.8 Å². The maximum atomic E-state index is 11.5. The Kier molecular flexibility index (Phi) is 3.97. The molecule has 1 heterocycles. The lowest BCUT2D eigenvalue weighted by atomic mass is 10.2. The number of aryl methyl sites for hydroxylation is 1. The predicted octanol–water partition coefficient (Wildman–Crippen LogP) is 2.49. The molecular formula is C13H13ClN4O. The number of benzene rings is 1. The van der Waals surface area contributed by atoms with E-state index in [4.69, 9.17) is 11.6 Å². The van der Waals surface area contributed by atoms with E-state index in [2.05, 4.69) is 20.5 Å². The Morgan fingerprint density at radius 3 is 2.63 bits per heavy atom. The maximum Gasteiger partial charge on any atom is 0.255 e. The number of nitrogens with one attached hydrogen (secondary N) is 2. The highest BCUT2D eigenvalue weighted by Crippen LogP contribution is 2.08. The Morgan fingerprint density at radius 1 is 1.32 bits per heavy atom. The first-order valence-corrected chi connectivity index (χ1v) is 6.06. The molecule has 0 fully saturated rings. The maximum absolute atomic E-state index is 11.5. The van der Waals surface area contributed by atoms with Gasteiger partial charge >= 0.3 is 0 Å². The average molecular weight is 277 g/mol. The molecular weight excluding hydrogens is 264 g/mol. The molecule has 1 aromatic heterocycles. The van der Waals surface area contributed by atoms with Gasteiger partial charge in [-0.1, -0.05) is 23.7 Å². The SMILES string of the molecule is Cc1nc(N/N=C\c2ccc(Cl)cc2)[nH]c(=O)c1C. The van der Waals surface area contributed by atoms with Gasteiger partial charge in [-0.25, -0.2) is 10.4 Å². The van der Waals surface area contributed by atoms with Gasteiger partial charge in [0.1, 0.15) is 0 Å². The van der Waals surface area contributed by atoms with Gasteiger partial charge in [-0.3, -0.25) is 9.78 Å². The summed E-state index contributed by atoms with van der Waals surface area (Å²) in [5, 5.41) is 4.67. The van der Waals surface area contributed by atoms with Gasteiger partial charge in [0.2, 0.25) is 5.95 Å². The Morgan fingerprint density at radius 2 is 2.00 bits per heavy atom. The van der Waals surface area contributed by atoms with E-state index in [0.717, 1.165) is 5.56 Å². The summed E-state index contributed by atoms with van der Waals surface area (Å²) in [6.45, 7) is 3.50. The van der Waals surface area contributed by atoms with Crippen molar-refractivity contribution in [2.24, 2.45) is 5.10 Å². The van der Waals surface area contributed by atoms with E-state index in [0.29, 0.717) is 22.2 Å². The summed E-state index contributed by atoms with van der Waals surface area (Å²) >= 11 is 5.78. The summed E-state index contributed by atoms with van der Waals surface area (Å²) in [4.78, 5) is 18.3. The van der Waals surface area contributed by atoms with Crippen LogP contribution in [0.1, 0.15) is 16.8 Å². The van der Waals surface area contributed by atoms with Gasteiger partial charge < -0.3 is 0 Å². The van der Waals surface area contributed by atoms with Crippen LogP contribution in [0.5, 0.6) is 0 Å². The molecule has 2 N–H and O–H groups in total. The lowest BCUT2D eigenvalue weighted by Gasteiger charge is -2.02. The molecule has 0 atom stereocenters. The van der Waals surface area contributed by atoms with Gasteiger partial charge in [0.25, 0.3) is 5.56 Å². The second kappa shape index (κ2) is 5.67. The van der Waals surface area contributed by atoms with E-state index in [1.807, 2.05) is 12.1 Å². The number of nitrogens with zero attached hydrogens (tertiary/aromatic N) is 2. The van der Waals surface area contributed by atoms with Gasteiger partial charge in [0.05, 0.1) is 6.21 Å². The van der Waals surface area contributed by atoms with E-state index < -0.39 is 0 Å². The van der Waals surface area contributed by atoms with Crippen LogP contribution in [0.3, 0.4) is 0 Å². The minimum absolute atomic E-state index is 0.170.